The molecule has 2 aromatic carbocycles. The van der Waals surface area contributed by atoms with Crippen molar-refractivity contribution in [1.29, 1.82) is 0 Å². The van der Waals surface area contributed by atoms with E-state index in [9.17, 15) is 13.2 Å². The maximum atomic E-state index is 13.9. The molecule has 1 aliphatic rings. The molecule has 0 bridgehead atoms. The van der Waals surface area contributed by atoms with Crippen LogP contribution in [-0.4, -0.2) is 74.5 Å². The average molecular weight is 541 g/mol. The molecule has 1 fully saturated rings. The Hall–Kier alpha value is -1.64. The van der Waals surface area contributed by atoms with Gasteiger partial charge in [0.25, 0.3) is 0 Å². The number of likely N-dealkylation sites (N-methyl/N-ethyl adjacent to an activating group) is 1. The molecule has 3 rings (SSSR count). The van der Waals surface area contributed by atoms with E-state index in [1.165, 1.54) is 16.1 Å². The lowest BCUT2D eigenvalue weighted by atomic mass is 9.77. The van der Waals surface area contributed by atoms with E-state index in [0.29, 0.717) is 49.2 Å². The van der Waals surface area contributed by atoms with Gasteiger partial charge in [-0.15, -0.1) is 0 Å². The van der Waals surface area contributed by atoms with Crippen molar-refractivity contribution in [3.63, 3.8) is 0 Å². The molecule has 192 valence electrons. The Bertz CT molecular complexity index is 1140. The smallest absolute Gasteiger partial charge is 0.233 e. The van der Waals surface area contributed by atoms with Gasteiger partial charge >= 0.3 is 0 Å². The van der Waals surface area contributed by atoms with Crippen molar-refractivity contribution in [2.24, 2.45) is 0 Å². The number of benzene rings is 2. The van der Waals surface area contributed by atoms with E-state index in [0.717, 1.165) is 24.1 Å². The fourth-order valence-electron chi connectivity index (χ4n) is 4.56. The second kappa shape index (κ2) is 11.6. The van der Waals surface area contributed by atoms with E-state index in [-0.39, 0.29) is 5.91 Å². The van der Waals surface area contributed by atoms with Gasteiger partial charge in [-0.2, -0.15) is 0 Å². The Labute approximate surface area is 219 Å². The molecule has 6 nitrogen and oxygen atoms in total. The van der Waals surface area contributed by atoms with Crippen LogP contribution in [0.1, 0.15) is 36.5 Å². The molecule has 1 unspecified atom stereocenters. The molecule has 2 aromatic rings. The highest BCUT2D eigenvalue weighted by Crippen LogP contribution is 2.35. The number of hydrogen-bond acceptors (Lipinski definition) is 4. The highest BCUT2D eigenvalue weighted by molar-refractivity contribution is 7.88. The number of nitrogens with zero attached hydrogens (tertiary/aromatic N) is 3. The van der Waals surface area contributed by atoms with Gasteiger partial charge in [-0.1, -0.05) is 59.1 Å². The standard InChI is InChI=1S/C26H35Cl2N3O3S/c1-20-6-8-21(9-7-20)19-29(3)25(32)26(2,22-10-11-23(27)24(28)18-22)12-15-30-13-5-14-31(17-16-30)35(4,33)34/h6-11,18H,5,12-17,19H2,1-4H3. The van der Waals surface area contributed by atoms with Gasteiger partial charge in [0.2, 0.25) is 15.9 Å². The molecular formula is C26H35Cl2N3O3S. The number of halogens is 2. The van der Waals surface area contributed by atoms with Gasteiger partial charge in [0.05, 0.1) is 21.7 Å². The minimum Gasteiger partial charge on any atom is -0.341 e. The Morgan fingerprint density at radius 2 is 1.71 bits per heavy atom. The first-order valence-electron chi connectivity index (χ1n) is 11.8. The van der Waals surface area contributed by atoms with E-state index in [1.807, 2.05) is 51.2 Å². The van der Waals surface area contributed by atoms with Crippen LogP contribution >= 0.6 is 23.2 Å². The molecule has 0 N–H and O–H groups in total. The molecule has 0 radical (unpaired) electrons. The molecule has 1 heterocycles. The molecule has 0 aromatic heterocycles. The summed E-state index contributed by atoms with van der Waals surface area (Å²) < 4.78 is 25.5. The molecule has 0 saturated carbocycles. The van der Waals surface area contributed by atoms with Crippen LogP contribution < -0.4 is 0 Å². The van der Waals surface area contributed by atoms with Crippen molar-refractivity contribution >= 4 is 39.1 Å². The molecule has 1 aliphatic heterocycles. The number of carbonyl (C=O) groups excluding carboxylic acids is 1. The summed E-state index contributed by atoms with van der Waals surface area (Å²) in [6.07, 6.45) is 2.59. The van der Waals surface area contributed by atoms with Gasteiger partial charge in [0.1, 0.15) is 0 Å². The zero-order chi connectivity index (χ0) is 25.8. The predicted molar refractivity (Wildman–Crippen MR) is 144 cm³/mol. The SMILES string of the molecule is Cc1ccc(CN(C)C(=O)C(C)(CCN2CCCN(S(C)(=O)=O)CC2)c2ccc(Cl)c(Cl)c2)cc1. The van der Waals surface area contributed by atoms with Crippen LogP contribution in [0, 0.1) is 6.92 Å². The van der Waals surface area contributed by atoms with E-state index >= 15 is 0 Å². The van der Waals surface area contributed by atoms with Crippen LogP contribution in [0.25, 0.3) is 0 Å². The lowest BCUT2D eigenvalue weighted by molar-refractivity contribution is -0.136. The molecule has 1 saturated heterocycles. The van der Waals surface area contributed by atoms with Crippen molar-refractivity contribution in [2.75, 3.05) is 46.0 Å². The van der Waals surface area contributed by atoms with E-state index in [1.54, 1.807) is 17.0 Å². The Kier molecular flexibility index (Phi) is 9.27. The normalized spacial score (nSPS) is 17.5. The van der Waals surface area contributed by atoms with E-state index < -0.39 is 15.4 Å². The molecule has 0 spiro atoms. The summed E-state index contributed by atoms with van der Waals surface area (Å²) >= 11 is 12.5. The molecular weight excluding hydrogens is 505 g/mol. The highest BCUT2D eigenvalue weighted by Gasteiger charge is 2.38. The van der Waals surface area contributed by atoms with E-state index in [2.05, 4.69) is 4.90 Å². The van der Waals surface area contributed by atoms with Crippen LogP contribution in [-0.2, 0) is 26.8 Å². The molecule has 0 aliphatic carbocycles. The van der Waals surface area contributed by atoms with Gasteiger partial charge in [-0.3, -0.25) is 4.79 Å². The van der Waals surface area contributed by atoms with Gasteiger partial charge < -0.3 is 9.80 Å². The van der Waals surface area contributed by atoms with Crippen LogP contribution in [0.2, 0.25) is 10.0 Å². The second-order valence-electron chi connectivity index (χ2n) is 9.72. The van der Waals surface area contributed by atoms with Crippen molar-refractivity contribution in [3.8, 4) is 0 Å². The zero-order valence-corrected chi connectivity index (χ0v) is 23.3. The Balaban J connectivity index is 1.80. The molecule has 1 atom stereocenters. The number of sulfonamides is 1. The third-order valence-electron chi connectivity index (χ3n) is 6.86. The first-order chi connectivity index (χ1) is 16.4. The largest absolute Gasteiger partial charge is 0.341 e. The lowest BCUT2D eigenvalue weighted by Gasteiger charge is -2.35. The van der Waals surface area contributed by atoms with E-state index in [4.69, 9.17) is 23.2 Å². The maximum absolute atomic E-state index is 13.9. The maximum Gasteiger partial charge on any atom is 0.233 e. The minimum absolute atomic E-state index is 0.00375. The monoisotopic (exact) mass is 539 g/mol. The second-order valence-corrected chi connectivity index (χ2v) is 12.5. The Morgan fingerprint density at radius 1 is 1.03 bits per heavy atom. The summed E-state index contributed by atoms with van der Waals surface area (Å²) in [6, 6.07) is 13.6. The first-order valence-corrected chi connectivity index (χ1v) is 14.4. The average Bonchev–Trinajstić information content (AvgIpc) is 3.06. The van der Waals surface area contributed by atoms with Crippen molar-refractivity contribution in [3.05, 3.63) is 69.2 Å². The molecule has 1 amide bonds. The van der Waals surface area contributed by atoms with Crippen LogP contribution in [0.4, 0.5) is 0 Å². The van der Waals surface area contributed by atoms with Gasteiger partial charge in [0, 0.05) is 33.2 Å². The minimum atomic E-state index is -3.21. The van der Waals surface area contributed by atoms with Crippen LogP contribution in [0.5, 0.6) is 0 Å². The lowest BCUT2D eigenvalue weighted by Crippen LogP contribution is -2.45. The van der Waals surface area contributed by atoms with Crippen molar-refractivity contribution in [1.82, 2.24) is 14.1 Å². The summed E-state index contributed by atoms with van der Waals surface area (Å²) in [5, 5.41) is 0.870. The predicted octanol–water partition coefficient (Wildman–Crippen LogP) is 4.58. The number of carbonyl (C=O) groups is 1. The summed E-state index contributed by atoms with van der Waals surface area (Å²) in [5.74, 6) is 0.00375. The number of hydrogen-bond donors (Lipinski definition) is 0. The summed E-state index contributed by atoms with van der Waals surface area (Å²) in [4.78, 5) is 17.9. The third kappa shape index (κ3) is 7.20. The van der Waals surface area contributed by atoms with Gasteiger partial charge in [0.15, 0.2) is 0 Å². The quantitative estimate of drug-likeness (QED) is 0.492. The first kappa shape index (κ1) is 27.9. The summed E-state index contributed by atoms with van der Waals surface area (Å²) in [5.41, 5.74) is 2.24. The fourth-order valence-corrected chi connectivity index (χ4v) is 5.73. The fraction of sp³-hybridized carbons (Fsp3) is 0.500. The van der Waals surface area contributed by atoms with Crippen molar-refractivity contribution < 1.29 is 13.2 Å². The van der Waals surface area contributed by atoms with Crippen molar-refractivity contribution in [2.45, 2.75) is 38.6 Å². The number of aryl methyl sites for hydroxylation is 1. The summed E-state index contributed by atoms with van der Waals surface area (Å²) in [6.45, 7) is 7.58. The Morgan fingerprint density at radius 3 is 2.34 bits per heavy atom. The topological polar surface area (TPSA) is 60.9 Å². The number of rotatable bonds is 8. The molecule has 9 heteroatoms. The summed E-state index contributed by atoms with van der Waals surface area (Å²) in [7, 11) is -1.38. The highest BCUT2D eigenvalue weighted by atomic mass is 35.5. The molecule has 35 heavy (non-hydrogen) atoms. The van der Waals surface area contributed by atoms with Gasteiger partial charge in [-0.05, 0) is 63.0 Å². The van der Waals surface area contributed by atoms with Crippen LogP contribution in [0.3, 0.4) is 0 Å². The van der Waals surface area contributed by atoms with Gasteiger partial charge in [-0.25, -0.2) is 12.7 Å². The number of amides is 1. The third-order valence-corrected chi connectivity index (χ3v) is 8.90. The zero-order valence-electron chi connectivity index (χ0n) is 20.9. The van der Waals surface area contributed by atoms with Crippen LogP contribution in [0.15, 0.2) is 42.5 Å².